The third-order valence-electron chi connectivity index (χ3n) is 2.47. The van der Waals surface area contributed by atoms with Crippen LogP contribution in [0.3, 0.4) is 0 Å². The number of aliphatic imine (C=N–C) groups is 1. The molecule has 0 fully saturated rings. The van der Waals surface area contributed by atoms with E-state index in [1.807, 2.05) is 23.1 Å². The Morgan fingerprint density at radius 2 is 2.27 bits per heavy atom. The molecule has 2 rings (SSSR count). The van der Waals surface area contributed by atoms with Gasteiger partial charge in [0.05, 0.1) is 12.6 Å². The number of aryl methyl sites for hydroxylation is 2. The highest BCUT2D eigenvalue weighted by molar-refractivity contribution is 8.14. The standard InChI is InChI=1S/C11H16N2S2/c1-7-6-10(9(3)15-7)8(2)13-11-12-4-5-14-11/h6,8H,4-5H2,1-3H3,(H,12,13). The summed E-state index contributed by atoms with van der Waals surface area (Å²) in [5, 5.41) is 4.57. The fraction of sp³-hybridized carbons (Fsp3) is 0.545. The Kier molecular flexibility index (Phi) is 3.36. The van der Waals surface area contributed by atoms with Crippen molar-refractivity contribution in [1.82, 2.24) is 5.32 Å². The number of hydrogen-bond acceptors (Lipinski definition) is 4. The summed E-state index contributed by atoms with van der Waals surface area (Å²) >= 11 is 3.69. The van der Waals surface area contributed by atoms with Gasteiger partial charge >= 0.3 is 0 Å². The van der Waals surface area contributed by atoms with Gasteiger partial charge in [0.2, 0.25) is 0 Å². The number of thioether (sulfide) groups is 1. The Morgan fingerprint density at radius 1 is 1.47 bits per heavy atom. The molecule has 4 heteroatoms. The van der Waals surface area contributed by atoms with E-state index in [0.29, 0.717) is 6.04 Å². The lowest BCUT2D eigenvalue weighted by Crippen LogP contribution is -2.23. The molecule has 1 unspecified atom stereocenters. The Labute approximate surface area is 99.2 Å². The van der Waals surface area contributed by atoms with E-state index in [9.17, 15) is 0 Å². The van der Waals surface area contributed by atoms with Gasteiger partial charge < -0.3 is 5.32 Å². The van der Waals surface area contributed by atoms with Crippen LogP contribution in [0, 0.1) is 13.8 Å². The van der Waals surface area contributed by atoms with Crippen LogP contribution in [-0.4, -0.2) is 17.5 Å². The van der Waals surface area contributed by atoms with Gasteiger partial charge in [0, 0.05) is 15.5 Å². The van der Waals surface area contributed by atoms with Gasteiger partial charge in [-0.1, -0.05) is 11.8 Å². The van der Waals surface area contributed by atoms with Crippen LogP contribution < -0.4 is 5.32 Å². The van der Waals surface area contributed by atoms with E-state index in [0.717, 1.165) is 17.5 Å². The summed E-state index contributed by atoms with van der Waals surface area (Å²) in [6, 6.07) is 2.65. The van der Waals surface area contributed by atoms with Crippen LogP contribution in [0.15, 0.2) is 11.1 Å². The minimum Gasteiger partial charge on any atom is -0.358 e. The maximum atomic E-state index is 4.41. The second kappa shape index (κ2) is 4.58. The lowest BCUT2D eigenvalue weighted by atomic mass is 10.1. The molecule has 0 saturated heterocycles. The van der Waals surface area contributed by atoms with Gasteiger partial charge in [-0.2, -0.15) is 0 Å². The van der Waals surface area contributed by atoms with Crippen molar-refractivity contribution in [1.29, 1.82) is 0 Å². The van der Waals surface area contributed by atoms with Crippen LogP contribution in [0.2, 0.25) is 0 Å². The molecule has 0 aromatic carbocycles. The minimum atomic E-state index is 0.374. The van der Waals surface area contributed by atoms with Gasteiger partial charge in [-0.25, -0.2) is 0 Å². The maximum Gasteiger partial charge on any atom is 0.157 e. The van der Waals surface area contributed by atoms with Crippen molar-refractivity contribution in [2.75, 3.05) is 12.3 Å². The van der Waals surface area contributed by atoms with Gasteiger partial charge in [-0.15, -0.1) is 11.3 Å². The molecule has 2 heterocycles. The van der Waals surface area contributed by atoms with Crippen LogP contribution in [0.1, 0.15) is 28.3 Å². The van der Waals surface area contributed by atoms with Crippen molar-refractivity contribution in [3.05, 3.63) is 21.4 Å². The average Bonchev–Trinajstić information content (AvgIpc) is 2.75. The smallest absolute Gasteiger partial charge is 0.157 e. The minimum absolute atomic E-state index is 0.374. The molecule has 0 radical (unpaired) electrons. The van der Waals surface area contributed by atoms with Gasteiger partial charge in [-0.3, -0.25) is 4.99 Å². The SMILES string of the molecule is Cc1cc(C(C)NC2=NCCS2)c(C)s1. The van der Waals surface area contributed by atoms with Gasteiger partial charge in [0.1, 0.15) is 0 Å². The maximum absolute atomic E-state index is 4.41. The highest BCUT2D eigenvalue weighted by atomic mass is 32.2. The van der Waals surface area contributed by atoms with Crippen LogP contribution in [0.4, 0.5) is 0 Å². The van der Waals surface area contributed by atoms with E-state index in [-0.39, 0.29) is 0 Å². The Balaban J connectivity index is 2.07. The fourth-order valence-corrected chi connectivity index (χ4v) is 3.61. The zero-order valence-corrected chi connectivity index (χ0v) is 11.0. The number of nitrogens with zero attached hydrogens (tertiary/aromatic N) is 1. The van der Waals surface area contributed by atoms with Crippen molar-refractivity contribution in [2.45, 2.75) is 26.8 Å². The van der Waals surface area contributed by atoms with Crippen molar-refractivity contribution < 1.29 is 0 Å². The zero-order valence-electron chi connectivity index (χ0n) is 9.33. The van der Waals surface area contributed by atoms with Crippen molar-refractivity contribution in [3.8, 4) is 0 Å². The van der Waals surface area contributed by atoms with Gasteiger partial charge in [-0.05, 0) is 32.4 Å². The largest absolute Gasteiger partial charge is 0.358 e. The highest BCUT2D eigenvalue weighted by Crippen LogP contribution is 2.27. The molecule has 0 spiro atoms. The Hall–Kier alpha value is -0.480. The second-order valence-electron chi connectivity index (χ2n) is 3.77. The van der Waals surface area contributed by atoms with Crippen LogP contribution in [0.25, 0.3) is 0 Å². The molecular weight excluding hydrogens is 224 g/mol. The summed E-state index contributed by atoms with van der Waals surface area (Å²) < 4.78 is 0. The zero-order chi connectivity index (χ0) is 10.8. The first-order chi connectivity index (χ1) is 7.16. The summed E-state index contributed by atoms with van der Waals surface area (Å²) in [5.41, 5.74) is 1.41. The number of amidine groups is 1. The molecule has 0 saturated carbocycles. The van der Waals surface area contributed by atoms with Crippen LogP contribution >= 0.6 is 23.1 Å². The van der Waals surface area contributed by atoms with E-state index in [1.165, 1.54) is 15.3 Å². The predicted octanol–water partition coefficient (Wildman–Crippen LogP) is 3.12. The molecule has 1 atom stereocenters. The molecule has 1 aliphatic heterocycles. The van der Waals surface area contributed by atoms with Gasteiger partial charge in [0.15, 0.2) is 5.17 Å². The first-order valence-corrected chi connectivity index (χ1v) is 6.98. The Bertz CT molecular complexity index is 382. The molecule has 2 nitrogen and oxygen atoms in total. The fourth-order valence-electron chi connectivity index (χ4n) is 1.77. The van der Waals surface area contributed by atoms with Crippen molar-refractivity contribution >= 4 is 28.3 Å². The Morgan fingerprint density at radius 3 is 2.80 bits per heavy atom. The molecule has 0 amide bonds. The third-order valence-corrected chi connectivity index (χ3v) is 4.36. The van der Waals surface area contributed by atoms with Crippen LogP contribution in [-0.2, 0) is 0 Å². The summed E-state index contributed by atoms with van der Waals surface area (Å²) in [4.78, 5) is 7.21. The van der Waals surface area contributed by atoms with Crippen LogP contribution in [0.5, 0.6) is 0 Å². The topological polar surface area (TPSA) is 24.4 Å². The van der Waals surface area contributed by atoms with Crippen molar-refractivity contribution in [2.24, 2.45) is 4.99 Å². The third kappa shape index (κ3) is 2.55. The van der Waals surface area contributed by atoms with E-state index < -0.39 is 0 Å². The predicted molar refractivity (Wildman–Crippen MR) is 70.1 cm³/mol. The van der Waals surface area contributed by atoms with Gasteiger partial charge in [0.25, 0.3) is 0 Å². The van der Waals surface area contributed by atoms with E-state index in [2.05, 4.69) is 37.1 Å². The summed E-state index contributed by atoms with van der Waals surface area (Å²) in [6.07, 6.45) is 0. The number of thiophene rings is 1. The highest BCUT2D eigenvalue weighted by Gasteiger charge is 2.14. The molecule has 1 aliphatic rings. The van der Waals surface area contributed by atoms with E-state index in [4.69, 9.17) is 0 Å². The first kappa shape index (κ1) is 11.0. The summed E-state index contributed by atoms with van der Waals surface area (Å²) in [5.74, 6) is 1.12. The molecule has 0 bridgehead atoms. The average molecular weight is 240 g/mol. The van der Waals surface area contributed by atoms with Crippen molar-refractivity contribution in [3.63, 3.8) is 0 Å². The quantitative estimate of drug-likeness (QED) is 0.859. The molecule has 1 N–H and O–H groups in total. The number of rotatable bonds is 2. The lowest BCUT2D eigenvalue weighted by molar-refractivity contribution is 0.721. The number of nitrogens with one attached hydrogen (secondary N) is 1. The molecule has 0 aliphatic carbocycles. The second-order valence-corrected chi connectivity index (χ2v) is 6.31. The number of hydrogen-bond donors (Lipinski definition) is 1. The molecule has 82 valence electrons. The summed E-state index contributed by atoms with van der Waals surface area (Å²) in [7, 11) is 0. The molecule has 1 aromatic heterocycles. The van der Waals surface area contributed by atoms with E-state index >= 15 is 0 Å². The molecule has 15 heavy (non-hydrogen) atoms. The molecule has 1 aromatic rings. The van der Waals surface area contributed by atoms with E-state index in [1.54, 1.807) is 0 Å². The lowest BCUT2D eigenvalue weighted by Gasteiger charge is -2.14. The first-order valence-electron chi connectivity index (χ1n) is 5.17. The monoisotopic (exact) mass is 240 g/mol. The summed E-state index contributed by atoms with van der Waals surface area (Å²) in [6.45, 7) is 7.52. The normalized spacial score (nSPS) is 17.7. The molecular formula is C11H16N2S2.